The van der Waals surface area contributed by atoms with Gasteiger partial charge in [0.25, 0.3) is 5.91 Å². The molecular formula is C21H24N2O2. The molecule has 130 valence electrons. The summed E-state index contributed by atoms with van der Waals surface area (Å²) in [5.74, 6) is 0.0112. The molecule has 2 aromatic rings. The molecule has 25 heavy (non-hydrogen) atoms. The molecule has 1 heterocycles. The predicted molar refractivity (Wildman–Crippen MR) is 98.8 cm³/mol. The number of fused-ring (bicyclic) bond motifs is 1. The molecule has 1 amide bonds. The first-order chi connectivity index (χ1) is 12.2. The molecule has 4 heteroatoms. The third-order valence-electron chi connectivity index (χ3n) is 5.22. The Balaban J connectivity index is 1.44. The third kappa shape index (κ3) is 3.54. The highest BCUT2D eigenvalue weighted by Gasteiger charge is 2.24. The van der Waals surface area contributed by atoms with Crippen LogP contribution >= 0.6 is 0 Å². The van der Waals surface area contributed by atoms with Gasteiger partial charge >= 0.3 is 0 Å². The van der Waals surface area contributed by atoms with E-state index >= 15 is 0 Å². The number of benzene rings is 2. The van der Waals surface area contributed by atoms with Crippen molar-refractivity contribution < 1.29 is 9.90 Å². The molecule has 2 aromatic carbocycles. The van der Waals surface area contributed by atoms with Gasteiger partial charge in [0.2, 0.25) is 0 Å². The summed E-state index contributed by atoms with van der Waals surface area (Å²) in [5.41, 5.74) is 4.50. The van der Waals surface area contributed by atoms with E-state index in [2.05, 4.69) is 29.6 Å². The first-order valence-electron chi connectivity index (χ1n) is 9.10. The molecule has 0 bridgehead atoms. The van der Waals surface area contributed by atoms with Gasteiger partial charge in [-0.05, 0) is 55.0 Å². The van der Waals surface area contributed by atoms with Crippen LogP contribution in [0.2, 0.25) is 0 Å². The molecule has 0 aromatic heterocycles. The molecule has 0 spiro atoms. The zero-order valence-corrected chi connectivity index (χ0v) is 14.3. The summed E-state index contributed by atoms with van der Waals surface area (Å²) in [6.45, 7) is 1.17. The molecule has 1 saturated heterocycles. The summed E-state index contributed by atoms with van der Waals surface area (Å²) < 4.78 is 0. The van der Waals surface area contributed by atoms with Gasteiger partial charge in [-0.3, -0.25) is 4.79 Å². The number of nitrogens with one attached hydrogen (secondary N) is 1. The number of carbonyl (C=O) groups is 1. The van der Waals surface area contributed by atoms with Crippen LogP contribution in [-0.4, -0.2) is 41.1 Å². The molecule has 2 N–H and O–H groups in total. The summed E-state index contributed by atoms with van der Waals surface area (Å²) >= 11 is 0. The highest BCUT2D eigenvalue weighted by atomic mass is 16.3. The molecule has 1 aliphatic heterocycles. The standard InChI is InChI=1S/C21H24N2O2/c24-20-9-4-10-23(14-20)21(25)17-7-3-8-18(13-17)22-19-11-15-5-1-2-6-16(15)12-19/h1-3,5-8,13,19-20,22,24H,4,9-12,14H2/t20-/m0/s1. The average Bonchev–Trinajstić information content (AvgIpc) is 3.03. The van der Waals surface area contributed by atoms with Gasteiger partial charge in [-0.2, -0.15) is 0 Å². The molecule has 4 nitrogen and oxygen atoms in total. The first kappa shape index (κ1) is 16.2. The number of aliphatic hydroxyl groups is 1. The lowest BCUT2D eigenvalue weighted by Crippen LogP contribution is -2.42. The zero-order chi connectivity index (χ0) is 17.2. The predicted octanol–water partition coefficient (Wildman–Crippen LogP) is 2.86. The largest absolute Gasteiger partial charge is 0.391 e. The minimum absolute atomic E-state index is 0.0112. The highest BCUT2D eigenvalue weighted by Crippen LogP contribution is 2.25. The number of aliphatic hydroxyl groups excluding tert-OH is 1. The highest BCUT2D eigenvalue weighted by molar-refractivity contribution is 5.95. The Kier molecular flexibility index (Phi) is 4.45. The molecule has 0 unspecified atom stereocenters. The number of β-amino-alcohol motifs (C(OH)–C–C–N with tert-alkyl or cyclic N) is 1. The van der Waals surface area contributed by atoms with Crippen LogP contribution in [0.25, 0.3) is 0 Å². The Labute approximate surface area is 148 Å². The summed E-state index contributed by atoms with van der Waals surface area (Å²) in [6.07, 6.45) is 3.30. The van der Waals surface area contributed by atoms with Crippen molar-refractivity contribution in [3.8, 4) is 0 Å². The minimum Gasteiger partial charge on any atom is -0.391 e. The second-order valence-electron chi connectivity index (χ2n) is 7.15. The van der Waals surface area contributed by atoms with Crippen molar-refractivity contribution in [2.24, 2.45) is 0 Å². The summed E-state index contributed by atoms with van der Waals surface area (Å²) in [4.78, 5) is 14.5. The topological polar surface area (TPSA) is 52.6 Å². The average molecular weight is 336 g/mol. The molecular weight excluding hydrogens is 312 g/mol. The fourth-order valence-electron chi connectivity index (χ4n) is 3.96. The van der Waals surface area contributed by atoms with Crippen LogP contribution < -0.4 is 5.32 Å². The van der Waals surface area contributed by atoms with Crippen molar-refractivity contribution >= 4 is 11.6 Å². The van der Waals surface area contributed by atoms with Crippen LogP contribution in [-0.2, 0) is 12.8 Å². The number of rotatable bonds is 3. The van der Waals surface area contributed by atoms with Gasteiger partial charge < -0.3 is 15.3 Å². The van der Waals surface area contributed by atoms with Gasteiger partial charge in [0.15, 0.2) is 0 Å². The fraction of sp³-hybridized carbons (Fsp3) is 0.381. The van der Waals surface area contributed by atoms with E-state index in [4.69, 9.17) is 0 Å². The van der Waals surface area contributed by atoms with E-state index in [0.29, 0.717) is 18.2 Å². The molecule has 1 aliphatic carbocycles. The summed E-state index contributed by atoms with van der Waals surface area (Å²) in [6, 6.07) is 16.7. The van der Waals surface area contributed by atoms with Crippen molar-refractivity contribution in [2.45, 2.75) is 37.8 Å². The van der Waals surface area contributed by atoms with E-state index in [0.717, 1.165) is 37.9 Å². The minimum atomic E-state index is -0.393. The number of hydrogen-bond donors (Lipinski definition) is 2. The molecule has 0 radical (unpaired) electrons. The lowest BCUT2D eigenvalue weighted by molar-refractivity contribution is 0.0474. The third-order valence-corrected chi connectivity index (χ3v) is 5.22. The summed E-state index contributed by atoms with van der Waals surface area (Å²) in [5, 5.41) is 13.4. The normalized spacial score (nSPS) is 20.4. The quantitative estimate of drug-likeness (QED) is 0.906. The molecule has 4 rings (SSSR count). The van der Waals surface area contributed by atoms with Gasteiger partial charge in [-0.15, -0.1) is 0 Å². The molecule has 1 atom stereocenters. The smallest absolute Gasteiger partial charge is 0.254 e. The number of anilines is 1. The van der Waals surface area contributed by atoms with Gasteiger partial charge in [0.1, 0.15) is 0 Å². The number of likely N-dealkylation sites (tertiary alicyclic amines) is 1. The Morgan fingerprint density at radius 3 is 2.56 bits per heavy atom. The number of nitrogens with zero attached hydrogens (tertiary/aromatic N) is 1. The van der Waals surface area contributed by atoms with Crippen molar-refractivity contribution in [3.63, 3.8) is 0 Å². The van der Waals surface area contributed by atoms with Crippen LogP contribution in [0, 0.1) is 0 Å². The van der Waals surface area contributed by atoms with Crippen molar-refractivity contribution in [2.75, 3.05) is 18.4 Å². The monoisotopic (exact) mass is 336 g/mol. The van der Waals surface area contributed by atoms with E-state index < -0.39 is 6.10 Å². The zero-order valence-electron chi connectivity index (χ0n) is 14.3. The second-order valence-corrected chi connectivity index (χ2v) is 7.15. The maximum Gasteiger partial charge on any atom is 0.254 e. The SMILES string of the molecule is O=C(c1cccc(NC2Cc3ccccc3C2)c1)N1CCC[C@H](O)C1. The van der Waals surface area contributed by atoms with E-state index in [-0.39, 0.29) is 5.91 Å². The van der Waals surface area contributed by atoms with Gasteiger partial charge in [-0.1, -0.05) is 30.3 Å². The van der Waals surface area contributed by atoms with Crippen LogP contribution in [0.1, 0.15) is 34.3 Å². The second kappa shape index (κ2) is 6.89. The lowest BCUT2D eigenvalue weighted by atomic mass is 10.1. The number of carbonyl (C=O) groups excluding carboxylic acids is 1. The Hall–Kier alpha value is -2.33. The Morgan fingerprint density at radius 2 is 1.84 bits per heavy atom. The van der Waals surface area contributed by atoms with Crippen LogP contribution in [0.15, 0.2) is 48.5 Å². The van der Waals surface area contributed by atoms with E-state index in [1.807, 2.05) is 24.3 Å². The number of piperidine rings is 1. The number of hydrogen-bond acceptors (Lipinski definition) is 3. The Bertz CT molecular complexity index is 749. The van der Waals surface area contributed by atoms with Crippen LogP contribution in [0.3, 0.4) is 0 Å². The van der Waals surface area contributed by atoms with E-state index in [1.165, 1.54) is 11.1 Å². The Morgan fingerprint density at radius 1 is 1.08 bits per heavy atom. The van der Waals surface area contributed by atoms with E-state index in [1.54, 1.807) is 4.90 Å². The van der Waals surface area contributed by atoms with Crippen LogP contribution in [0.5, 0.6) is 0 Å². The van der Waals surface area contributed by atoms with Gasteiger partial charge in [-0.25, -0.2) is 0 Å². The molecule has 1 fully saturated rings. The first-order valence-corrected chi connectivity index (χ1v) is 9.10. The van der Waals surface area contributed by atoms with Crippen molar-refractivity contribution in [3.05, 3.63) is 65.2 Å². The maximum atomic E-state index is 12.7. The fourth-order valence-corrected chi connectivity index (χ4v) is 3.96. The molecule has 2 aliphatic rings. The summed E-state index contributed by atoms with van der Waals surface area (Å²) in [7, 11) is 0. The molecule has 0 saturated carbocycles. The van der Waals surface area contributed by atoms with Gasteiger partial charge in [0.05, 0.1) is 6.10 Å². The van der Waals surface area contributed by atoms with Crippen LogP contribution in [0.4, 0.5) is 5.69 Å². The lowest BCUT2D eigenvalue weighted by Gasteiger charge is -2.30. The van der Waals surface area contributed by atoms with Crippen molar-refractivity contribution in [1.29, 1.82) is 0 Å². The van der Waals surface area contributed by atoms with E-state index in [9.17, 15) is 9.90 Å². The van der Waals surface area contributed by atoms with Gasteiger partial charge in [0, 0.05) is 30.4 Å². The maximum absolute atomic E-state index is 12.7. The number of amides is 1. The van der Waals surface area contributed by atoms with Crippen molar-refractivity contribution in [1.82, 2.24) is 4.90 Å².